The fourth-order valence-corrected chi connectivity index (χ4v) is 1.84. The second-order valence-electron chi connectivity index (χ2n) is 3.96. The minimum absolute atomic E-state index is 0.00592. The van der Waals surface area contributed by atoms with E-state index in [0.29, 0.717) is 23.8 Å². The first-order valence-electron chi connectivity index (χ1n) is 5.58. The highest BCUT2D eigenvalue weighted by atomic mass is 35.5. The summed E-state index contributed by atoms with van der Waals surface area (Å²) in [5.74, 6) is -0.205. The molecule has 18 heavy (non-hydrogen) atoms. The van der Waals surface area contributed by atoms with E-state index in [0.717, 1.165) is 0 Å². The average Bonchev–Trinajstić information content (AvgIpc) is 2.35. The Kier molecular flexibility index (Phi) is 4.93. The van der Waals surface area contributed by atoms with Crippen LogP contribution in [0.25, 0.3) is 0 Å². The summed E-state index contributed by atoms with van der Waals surface area (Å²) in [6.45, 7) is 4.68. The van der Waals surface area contributed by atoms with E-state index < -0.39 is 4.92 Å². The predicted molar refractivity (Wildman–Crippen MR) is 70.8 cm³/mol. The molecule has 0 fully saturated rings. The fraction of sp³-hybridized carbons (Fsp3) is 0.417. The van der Waals surface area contributed by atoms with Crippen molar-refractivity contribution in [3.05, 3.63) is 33.3 Å². The Morgan fingerprint density at radius 3 is 2.78 bits per heavy atom. The maximum Gasteiger partial charge on any atom is 0.292 e. The van der Waals surface area contributed by atoms with Crippen LogP contribution < -0.4 is 4.90 Å². The van der Waals surface area contributed by atoms with Crippen molar-refractivity contribution in [3.8, 4) is 6.07 Å². The number of hydrogen-bond acceptors (Lipinski definition) is 4. The third-order valence-electron chi connectivity index (χ3n) is 2.57. The number of nitrogens with zero attached hydrogens (tertiary/aromatic N) is 3. The van der Waals surface area contributed by atoms with Crippen LogP contribution in [0.2, 0.25) is 5.02 Å². The lowest BCUT2D eigenvalue weighted by molar-refractivity contribution is -0.384. The fourth-order valence-electron chi connectivity index (χ4n) is 1.67. The highest BCUT2D eigenvalue weighted by molar-refractivity contribution is 6.31. The molecule has 1 rings (SSSR count). The molecule has 0 amide bonds. The Bertz CT molecular complexity index is 485. The van der Waals surface area contributed by atoms with Crippen LogP contribution in [0.15, 0.2) is 18.2 Å². The van der Waals surface area contributed by atoms with Crippen LogP contribution in [-0.2, 0) is 0 Å². The van der Waals surface area contributed by atoms with E-state index in [9.17, 15) is 10.1 Å². The molecular formula is C12H14ClN3O2. The third-order valence-corrected chi connectivity index (χ3v) is 2.81. The molecule has 1 aromatic carbocycles. The van der Waals surface area contributed by atoms with Crippen LogP contribution in [0.5, 0.6) is 0 Å². The van der Waals surface area contributed by atoms with Gasteiger partial charge in [0.25, 0.3) is 5.69 Å². The van der Waals surface area contributed by atoms with Crippen LogP contribution in [0.4, 0.5) is 11.4 Å². The zero-order chi connectivity index (χ0) is 13.7. The molecule has 0 N–H and O–H groups in total. The van der Waals surface area contributed by atoms with E-state index in [4.69, 9.17) is 16.9 Å². The molecule has 0 saturated carbocycles. The molecule has 5 nitrogen and oxygen atoms in total. The van der Waals surface area contributed by atoms with E-state index in [1.165, 1.54) is 12.1 Å². The number of nitro groups is 1. The smallest absolute Gasteiger partial charge is 0.292 e. The normalized spacial score (nSPS) is 11.7. The van der Waals surface area contributed by atoms with Gasteiger partial charge >= 0.3 is 0 Å². The van der Waals surface area contributed by atoms with Crippen molar-refractivity contribution in [1.82, 2.24) is 0 Å². The molecule has 0 bridgehead atoms. The van der Waals surface area contributed by atoms with E-state index >= 15 is 0 Å². The summed E-state index contributed by atoms with van der Waals surface area (Å²) in [6.07, 6.45) is 0. The van der Waals surface area contributed by atoms with Gasteiger partial charge in [0.05, 0.1) is 16.9 Å². The van der Waals surface area contributed by atoms with Gasteiger partial charge in [0.1, 0.15) is 5.69 Å². The molecule has 1 atom stereocenters. The van der Waals surface area contributed by atoms with Gasteiger partial charge < -0.3 is 4.90 Å². The van der Waals surface area contributed by atoms with Crippen molar-refractivity contribution in [2.45, 2.75) is 13.8 Å². The monoisotopic (exact) mass is 267 g/mol. The number of anilines is 1. The van der Waals surface area contributed by atoms with Gasteiger partial charge in [-0.3, -0.25) is 10.1 Å². The quantitative estimate of drug-likeness (QED) is 0.606. The van der Waals surface area contributed by atoms with Crippen molar-refractivity contribution in [2.24, 2.45) is 5.92 Å². The third kappa shape index (κ3) is 3.34. The van der Waals surface area contributed by atoms with E-state index in [2.05, 4.69) is 6.07 Å². The van der Waals surface area contributed by atoms with Crippen LogP contribution in [-0.4, -0.2) is 18.0 Å². The Morgan fingerprint density at radius 2 is 2.28 bits per heavy atom. The number of nitriles is 1. The summed E-state index contributed by atoms with van der Waals surface area (Å²) in [5, 5.41) is 20.2. The summed E-state index contributed by atoms with van der Waals surface area (Å²) in [7, 11) is 0. The molecule has 0 saturated heterocycles. The van der Waals surface area contributed by atoms with E-state index in [1.54, 1.807) is 17.9 Å². The first-order chi connectivity index (χ1) is 8.49. The molecule has 1 unspecified atom stereocenters. The largest absolute Gasteiger partial charge is 0.365 e. The first-order valence-corrected chi connectivity index (χ1v) is 5.95. The van der Waals surface area contributed by atoms with E-state index in [1.807, 2.05) is 6.92 Å². The van der Waals surface area contributed by atoms with Crippen molar-refractivity contribution in [1.29, 1.82) is 5.26 Å². The number of hydrogen-bond donors (Lipinski definition) is 0. The first kappa shape index (κ1) is 14.3. The molecule has 0 aliphatic rings. The lowest BCUT2D eigenvalue weighted by Gasteiger charge is -2.23. The second kappa shape index (κ2) is 6.22. The Labute approximate surface area is 111 Å². The molecule has 0 heterocycles. The molecule has 96 valence electrons. The van der Waals surface area contributed by atoms with Crippen LogP contribution >= 0.6 is 11.6 Å². The second-order valence-corrected chi connectivity index (χ2v) is 4.40. The number of nitro benzene ring substituents is 1. The number of rotatable bonds is 5. The molecule has 0 aliphatic carbocycles. The van der Waals surface area contributed by atoms with E-state index in [-0.39, 0.29) is 11.6 Å². The minimum atomic E-state index is -0.439. The summed E-state index contributed by atoms with van der Waals surface area (Å²) in [6, 6.07) is 6.56. The predicted octanol–water partition coefficient (Wildman–Crippen LogP) is 3.23. The highest BCUT2D eigenvalue weighted by Crippen LogP contribution is 2.31. The summed E-state index contributed by atoms with van der Waals surface area (Å²) in [5.41, 5.74) is 0.462. The maximum atomic E-state index is 11.0. The Balaban J connectivity index is 3.15. The standard InChI is InChI=1S/C12H14ClN3O2/c1-3-15(8-9(2)7-14)12-6-10(13)4-5-11(12)16(17)18/h4-6,9H,3,8H2,1-2H3. The topological polar surface area (TPSA) is 70.2 Å². The van der Waals surface area contributed by atoms with Gasteiger partial charge in [0.2, 0.25) is 0 Å². The molecule has 0 radical (unpaired) electrons. The Hall–Kier alpha value is -1.80. The molecular weight excluding hydrogens is 254 g/mol. The molecule has 0 aromatic heterocycles. The molecule has 1 aromatic rings. The maximum absolute atomic E-state index is 11.0. The Morgan fingerprint density at radius 1 is 1.61 bits per heavy atom. The lowest BCUT2D eigenvalue weighted by Crippen LogP contribution is -2.28. The average molecular weight is 268 g/mol. The van der Waals surface area contributed by atoms with Crippen molar-refractivity contribution in [3.63, 3.8) is 0 Å². The lowest BCUT2D eigenvalue weighted by atomic mass is 10.1. The van der Waals surface area contributed by atoms with Gasteiger partial charge in [-0.1, -0.05) is 11.6 Å². The summed E-state index contributed by atoms with van der Waals surface area (Å²) >= 11 is 5.88. The molecule has 0 aliphatic heterocycles. The van der Waals surface area contributed by atoms with Gasteiger partial charge in [0.15, 0.2) is 0 Å². The highest BCUT2D eigenvalue weighted by Gasteiger charge is 2.20. The van der Waals surface area contributed by atoms with Crippen LogP contribution in [0, 0.1) is 27.4 Å². The van der Waals surface area contributed by atoms with Gasteiger partial charge in [-0.25, -0.2) is 0 Å². The van der Waals surface area contributed by atoms with Gasteiger partial charge in [-0.05, 0) is 26.0 Å². The number of benzene rings is 1. The SMILES string of the molecule is CCN(CC(C)C#N)c1cc(Cl)ccc1[N+](=O)[O-]. The summed E-state index contributed by atoms with van der Waals surface area (Å²) in [4.78, 5) is 12.3. The van der Waals surface area contributed by atoms with Crippen LogP contribution in [0.1, 0.15) is 13.8 Å². The van der Waals surface area contributed by atoms with Crippen molar-refractivity contribution in [2.75, 3.05) is 18.0 Å². The number of halogens is 1. The van der Waals surface area contributed by atoms with Crippen molar-refractivity contribution < 1.29 is 4.92 Å². The van der Waals surface area contributed by atoms with Crippen LogP contribution in [0.3, 0.4) is 0 Å². The van der Waals surface area contributed by atoms with Gasteiger partial charge in [0, 0.05) is 24.2 Å². The molecule has 0 spiro atoms. The zero-order valence-electron chi connectivity index (χ0n) is 10.3. The van der Waals surface area contributed by atoms with Gasteiger partial charge in [-0.2, -0.15) is 5.26 Å². The molecule has 6 heteroatoms. The van der Waals surface area contributed by atoms with Gasteiger partial charge in [-0.15, -0.1) is 0 Å². The summed E-state index contributed by atoms with van der Waals surface area (Å²) < 4.78 is 0. The zero-order valence-corrected chi connectivity index (χ0v) is 11.0. The minimum Gasteiger partial charge on any atom is -0.365 e. The van der Waals surface area contributed by atoms with Crippen molar-refractivity contribution >= 4 is 23.0 Å².